The molecule has 2 nitrogen and oxygen atoms in total. The molecule has 1 rings (SSSR count). The van der Waals surface area contributed by atoms with Crippen LogP contribution >= 0.6 is 11.8 Å². The lowest BCUT2D eigenvalue weighted by atomic mass is 9.94. The van der Waals surface area contributed by atoms with Gasteiger partial charge < -0.3 is 10.4 Å². The molecule has 1 saturated heterocycles. The van der Waals surface area contributed by atoms with Crippen molar-refractivity contribution in [3.63, 3.8) is 0 Å². The average molecular weight is 203 g/mol. The molecule has 3 heteroatoms. The van der Waals surface area contributed by atoms with Crippen molar-refractivity contribution in [2.75, 3.05) is 24.7 Å². The van der Waals surface area contributed by atoms with E-state index in [1.807, 2.05) is 11.8 Å². The minimum atomic E-state index is 0.0299. The van der Waals surface area contributed by atoms with Crippen LogP contribution in [0.4, 0.5) is 0 Å². The van der Waals surface area contributed by atoms with E-state index in [2.05, 4.69) is 19.2 Å². The standard InChI is InChI=1S/C10H21NOS/c1-10(2,8-12)7-11-9-4-3-5-13-6-9/h9,11-12H,3-8H2,1-2H3. The molecule has 0 amide bonds. The van der Waals surface area contributed by atoms with Crippen molar-refractivity contribution in [3.8, 4) is 0 Å². The molecule has 1 heterocycles. The Labute approximate surface area is 85.5 Å². The summed E-state index contributed by atoms with van der Waals surface area (Å²) in [4.78, 5) is 0. The highest BCUT2D eigenvalue weighted by Gasteiger charge is 2.19. The van der Waals surface area contributed by atoms with Gasteiger partial charge in [-0.3, -0.25) is 0 Å². The van der Waals surface area contributed by atoms with E-state index >= 15 is 0 Å². The molecule has 0 spiro atoms. The first-order valence-electron chi connectivity index (χ1n) is 5.06. The van der Waals surface area contributed by atoms with E-state index in [1.54, 1.807) is 0 Å². The van der Waals surface area contributed by atoms with Crippen LogP contribution < -0.4 is 5.32 Å². The van der Waals surface area contributed by atoms with Crippen LogP contribution in [0.2, 0.25) is 0 Å². The van der Waals surface area contributed by atoms with Crippen LogP contribution in [0.3, 0.4) is 0 Å². The number of nitrogens with one attached hydrogen (secondary N) is 1. The van der Waals surface area contributed by atoms with Gasteiger partial charge in [0.05, 0.1) is 0 Å². The van der Waals surface area contributed by atoms with Crippen LogP contribution in [-0.2, 0) is 0 Å². The molecule has 1 atom stereocenters. The van der Waals surface area contributed by atoms with Gasteiger partial charge in [0.2, 0.25) is 0 Å². The summed E-state index contributed by atoms with van der Waals surface area (Å²) in [6.07, 6.45) is 2.64. The largest absolute Gasteiger partial charge is 0.396 e. The van der Waals surface area contributed by atoms with Gasteiger partial charge in [0.25, 0.3) is 0 Å². The second kappa shape index (κ2) is 5.23. The number of rotatable bonds is 4. The summed E-state index contributed by atoms with van der Waals surface area (Å²) in [6.45, 7) is 5.38. The van der Waals surface area contributed by atoms with Crippen molar-refractivity contribution in [1.29, 1.82) is 0 Å². The molecular formula is C10H21NOS. The van der Waals surface area contributed by atoms with Crippen molar-refractivity contribution >= 4 is 11.8 Å². The van der Waals surface area contributed by atoms with Gasteiger partial charge in [0, 0.05) is 30.4 Å². The molecule has 2 N–H and O–H groups in total. The maximum Gasteiger partial charge on any atom is 0.0494 e. The first-order chi connectivity index (χ1) is 6.14. The van der Waals surface area contributed by atoms with Gasteiger partial charge >= 0.3 is 0 Å². The van der Waals surface area contributed by atoms with E-state index in [0.29, 0.717) is 6.04 Å². The zero-order valence-electron chi connectivity index (χ0n) is 8.68. The molecule has 0 aliphatic carbocycles. The highest BCUT2D eigenvalue weighted by atomic mass is 32.2. The van der Waals surface area contributed by atoms with Gasteiger partial charge in [0.15, 0.2) is 0 Å². The third kappa shape index (κ3) is 4.34. The van der Waals surface area contributed by atoms with Gasteiger partial charge in [-0.1, -0.05) is 13.8 Å². The van der Waals surface area contributed by atoms with E-state index in [1.165, 1.54) is 24.3 Å². The third-order valence-corrected chi connectivity index (χ3v) is 3.67. The minimum absolute atomic E-state index is 0.0299. The second-order valence-electron chi connectivity index (χ2n) is 4.62. The fourth-order valence-corrected chi connectivity index (χ4v) is 2.48. The number of aliphatic hydroxyl groups is 1. The summed E-state index contributed by atoms with van der Waals surface area (Å²) in [5.41, 5.74) is 0.0299. The summed E-state index contributed by atoms with van der Waals surface area (Å²) in [6, 6.07) is 0.671. The maximum absolute atomic E-state index is 9.08. The van der Waals surface area contributed by atoms with Gasteiger partial charge in [-0.15, -0.1) is 0 Å². The fourth-order valence-electron chi connectivity index (χ4n) is 1.38. The summed E-state index contributed by atoms with van der Waals surface area (Å²) in [7, 11) is 0. The summed E-state index contributed by atoms with van der Waals surface area (Å²) >= 11 is 2.04. The Bertz CT molecular complexity index is 144. The van der Waals surface area contributed by atoms with Gasteiger partial charge in [-0.25, -0.2) is 0 Å². The Morgan fingerprint density at radius 1 is 1.54 bits per heavy atom. The summed E-state index contributed by atoms with van der Waals surface area (Å²) in [5.74, 6) is 2.56. The molecule has 1 fully saturated rings. The van der Waals surface area contributed by atoms with Crippen molar-refractivity contribution < 1.29 is 5.11 Å². The Kier molecular flexibility index (Phi) is 4.56. The molecule has 1 unspecified atom stereocenters. The van der Waals surface area contributed by atoms with Crippen LogP contribution in [-0.4, -0.2) is 35.8 Å². The monoisotopic (exact) mass is 203 g/mol. The van der Waals surface area contributed by atoms with Crippen LogP contribution in [0.15, 0.2) is 0 Å². The van der Waals surface area contributed by atoms with E-state index < -0.39 is 0 Å². The van der Waals surface area contributed by atoms with E-state index in [9.17, 15) is 0 Å². The van der Waals surface area contributed by atoms with Gasteiger partial charge in [-0.2, -0.15) is 11.8 Å². The van der Waals surface area contributed by atoms with Crippen LogP contribution in [0.5, 0.6) is 0 Å². The molecule has 1 aliphatic rings. The van der Waals surface area contributed by atoms with Gasteiger partial charge in [0.1, 0.15) is 0 Å². The highest BCUT2D eigenvalue weighted by molar-refractivity contribution is 7.99. The fraction of sp³-hybridized carbons (Fsp3) is 1.00. The lowest BCUT2D eigenvalue weighted by Gasteiger charge is -2.28. The summed E-state index contributed by atoms with van der Waals surface area (Å²) < 4.78 is 0. The molecule has 0 aromatic rings. The first-order valence-corrected chi connectivity index (χ1v) is 6.21. The quantitative estimate of drug-likeness (QED) is 0.726. The zero-order chi connectivity index (χ0) is 9.73. The predicted molar refractivity (Wildman–Crippen MR) is 59.2 cm³/mol. The molecule has 0 saturated carbocycles. The maximum atomic E-state index is 9.08. The van der Waals surface area contributed by atoms with E-state index in [0.717, 1.165) is 6.54 Å². The van der Waals surface area contributed by atoms with Crippen molar-refractivity contribution in [3.05, 3.63) is 0 Å². The van der Waals surface area contributed by atoms with Crippen molar-refractivity contribution in [2.45, 2.75) is 32.7 Å². The molecule has 0 aromatic heterocycles. The Morgan fingerprint density at radius 3 is 2.85 bits per heavy atom. The van der Waals surface area contributed by atoms with Crippen molar-refractivity contribution in [1.82, 2.24) is 5.32 Å². The topological polar surface area (TPSA) is 32.3 Å². The third-order valence-electron chi connectivity index (χ3n) is 2.46. The van der Waals surface area contributed by atoms with Crippen LogP contribution in [0, 0.1) is 5.41 Å². The number of hydrogen-bond donors (Lipinski definition) is 2. The second-order valence-corrected chi connectivity index (χ2v) is 5.77. The predicted octanol–water partition coefficient (Wildman–Crippen LogP) is 1.49. The van der Waals surface area contributed by atoms with Crippen LogP contribution in [0.25, 0.3) is 0 Å². The van der Waals surface area contributed by atoms with Gasteiger partial charge in [-0.05, 0) is 18.6 Å². The molecule has 0 aromatic carbocycles. The Morgan fingerprint density at radius 2 is 2.31 bits per heavy atom. The molecule has 13 heavy (non-hydrogen) atoms. The SMILES string of the molecule is CC(C)(CO)CNC1CCCSC1. The highest BCUT2D eigenvalue weighted by Crippen LogP contribution is 2.18. The average Bonchev–Trinajstić information content (AvgIpc) is 2.17. The summed E-state index contributed by atoms with van der Waals surface area (Å²) in [5, 5.41) is 12.6. The smallest absolute Gasteiger partial charge is 0.0494 e. The molecule has 1 aliphatic heterocycles. The van der Waals surface area contributed by atoms with E-state index in [4.69, 9.17) is 5.11 Å². The molecule has 78 valence electrons. The molecule has 0 bridgehead atoms. The molecular weight excluding hydrogens is 182 g/mol. The van der Waals surface area contributed by atoms with Crippen LogP contribution in [0.1, 0.15) is 26.7 Å². The Balaban J connectivity index is 2.17. The zero-order valence-corrected chi connectivity index (χ0v) is 9.49. The number of thioether (sulfide) groups is 1. The van der Waals surface area contributed by atoms with Crippen molar-refractivity contribution in [2.24, 2.45) is 5.41 Å². The van der Waals surface area contributed by atoms with E-state index in [-0.39, 0.29) is 12.0 Å². The lowest BCUT2D eigenvalue weighted by Crippen LogP contribution is -2.41. The normalized spacial score (nSPS) is 24.7. The number of aliphatic hydroxyl groups excluding tert-OH is 1. The molecule has 0 radical (unpaired) electrons. The number of hydrogen-bond acceptors (Lipinski definition) is 3. The lowest BCUT2D eigenvalue weighted by molar-refractivity contribution is 0.153. The Hall–Kier alpha value is 0.270. The minimum Gasteiger partial charge on any atom is -0.396 e. The first kappa shape index (κ1) is 11.3.